The lowest BCUT2D eigenvalue weighted by Crippen LogP contribution is -2.47. The van der Waals surface area contributed by atoms with E-state index in [9.17, 15) is 14.4 Å². The molecular weight excluding hydrogens is 546 g/mol. The third-order valence-corrected chi connectivity index (χ3v) is 7.86. The van der Waals surface area contributed by atoms with Gasteiger partial charge in [-0.15, -0.1) is 10.2 Å². The Bertz CT molecular complexity index is 1300. The van der Waals surface area contributed by atoms with Crippen LogP contribution in [0.3, 0.4) is 0 Å². The summed E-state index contributed by atoms with van der Waals surface area (Å²) in [5, 5.41) is 12.8. The number of hydrogen-bond donors (Lipinski definition) is 3. The smallest absolute Gasteiger partial charge is 0.327 e. The molecule has 2 aromatic heterocycles. The van der Waals surface area contributed by atoms with Crippen molar-refractivity contribution in [2.75, 3.05) is 36.0 Å². The Balaban J connectivity index is 1.15. The summed E-state index contributed by atoms with van der Waals surface area (Å²) in [5.41, 5.74) is -0.970. The Morgan fingerprint density at radius 3 is 2.58 bits per heavy atom. The van der Waals surface area contributed by atoms with Gasteiger partial charge in [0.2, 0.25) is 5.91 Å². The normalized spacial score (nSPS) is 19.9. The summed E-state index contributed by atoms with van der Waals surface area (Å²) in [6.45, 7) is 2.63. The van der Waals surface area contributed by atoms with E-state index < -0.39 is 11.2 Å². The highest BCUT2D eigenvalue weighted by atomic mass is 79.9. The standard InChI is InChI=1S/C24H26BrN7O3S/c25-16-3-5-18(6-4-16)36-22-8-7-19(29-30-22)31-10-1-2-15(13-31)23(34)26-17-9-11-32(14-17)20-12-21(33)28-24(35)27-20/h3-8,12,15,17H,1-2,9-11,13-14H2,(H,26,34)(H2,27,28,33,35)/t15?,17-/m0/s1. The predicted octanol–water partition coefficient (Wildman–Crippen LogP) is 2.38. The van der Waals surface area contributed by atoms with E-state index in [0.717, 1.165) is 46.0 Å². The van der Waals surface area contributed by atoms with Crippen LogP contribution < -0.4 is 26.4 Å². The van der Waals surface area contributed by atoms with Gasteiger partial charge in [0.15, 0.2) is 5.82 Å². The number of nitrogens with zero attached hydrogens (tertiary/aromatic N) is 4. The number of halogens is 1. The molecule has 12 heteroatoms. The molecule has 1 unspecified atom stereocenters. The summed E-state index contributed by atoms with van der Waals surface area (Å²) in [6.07, 6.45) is 2.48. The molecule has 0 aliphatic carbocycles. The van der Waals surface area contributed by atoms with Crippen LogP contribution in [-0.4, -0.2) is 58.3 Å². The molecule has 0 saturated carbocycles. The van der Waals surface area contributed by atoms with Crippen molar-refractivity contribution in [1.82, 2.24) is 25.5 Å². The molecule has 188 valence electrons. The highest BCUT2D eigenvalue weighted by molar-refractivity contribution is 9.10. The van der Waals surface area contributed by atoms with Gasteiger partial charge < -0.3 is 15.1 Å². The number of piperidine rings is 1. The van der Waals surface area contributed by atoms with Crippen molar-refractivity contribution in [1.29, 1.82) is 0 Å². The number of amides is 1. The number of hydrogen-bond acceptors (Lipinski definition) is 8. The van der Waals surface area contributed by atoms with Crippen molar-refractivity contribution in [3.05, 3.63) is 67.8 Å². The van der Waals surface area contributed by atoms with Crippen LogP contribution in [0.5, 0.6) is 0 Å². The van der Waals surface area contributed by atoms with Gasteiger partial charge in [-0.25, -0.2) is 4.79 Å². The zero-order chi connectivity index (χ0) is 25.1. The maximum atomic E-state index is 13.1. The highest BCUT2D eigenvalue weighted by Gasteiger charge is 2.31. The van der Waals surface area contributed by atoms with E-state index in [1.807, 2.05) is 41.3 Å². The molecule has 3 N–H and O–H groups in total. The average molecular weight is 572 g/mol. The van der Waals surface area contributed by atoms with Crippen LogP contribution in [0.4, 0.5) is 11.6 Å². The van der Waals surface area contributed by atoms with Crippen molar-refractivity contribution < 1.29 is 4.79 Å². The molecule has 0 bridgehead atoms. The number of aromatic amines is 2. The van der Waals surface area contributed by atoms with Gasteiger partial charge in [0.25, 0.3) is 5.56 Å². The topological polar surface area (TPSA) is 127 Å². The average Bonchev–Trinajstić information content (AvgIpc) is 3.34. The number of carbonyl (C=O) groups excluding carboxylic acids is 1. The first kappa shape index (κ1) is 24.6. The molecule has 4 heterocycles. The van der Waals surface area contributed by atoms with Crippen LogP contribution in [0.25, 0.3) is 0 Å². The molecule has 1 amide bonds. The Labute approximate surface area is 220 Å². The third kappa shape index (κ3) is 5.98. The van der Waals surface area contributed by atoms with Gasteiger partial charge in [0, 0.05) is 47.7 Å². The molecule has 2 saturated heterocycles. The molecule has 2 aliphatic rings. The van der Waals surface area contributed by atoms with Crippen LogP contribution >= 0.6 is 27.7 Å². The largest absolute Gasteiger partial charge is 0.356 e. The van der Waals surface area contributed by atoms with Gasteiger partial charge in [-0.3, -0.25) is 19.6 Å². The summed E-state index contributed by atoms with van der Waals surface area (Å²) in [7, 11) is 0. The molecule has 2 fully saturated rings. The van der Waals surface area contributed by atoms with E-state index in [4.69, 9.17) is 0 Å². The van der Waals surface area contributed by atoms with Crippen LogP contribution in [0.15, 0.2) is 66.4 Å². The SMILES string of the molecule is O=C(N[C@H]1CCN(c2cc(=O)[nH]c(=O)[nH]2)C1)C1CCCN(c2ccc(Sc3ccc(Br)cc3)nn2)C1. The zero-order valence-corrected chi connectivity index (χ0v) is 21.8. The van der Waals surface area contributed by atoms with Crippen molar-refractivity contribution in [2.24, 2.45) is 5.92 Å². The van der Waals surface area contributed by atoms with Crippen LogP contribution in [0.1, 0.15) is 19.3 Å². The number of benzene rings is 1. The van der Waals surface area contributed by atoms with Gasteiger partial charge in [-0.2, -0.15) is 0 Å². The molecule has 5 rings (SSSR count). The molecule has 1 aromatic carbocycles. The van der Waals surface area contributed by atoms with Gasteiger partial charge in [-0.05, 0) is 55.7 Å². The molecule has 0 spiro atoms. The van der Waals surface area contributed by atoms with Crippen molar-refractivity contribution in [3.63, 3.8) is 0 Å². The van der Waals surface area contributed by atoms with Crippen LogP contribution in [0.2, 0.25) is 0 Å². The van der Waals surface area contributed by atoms with E-state index in [2.05, 4.69) is 46.3 Å². The number of aromatic nitrogens is 4. The molecule has 2 atom stereocenters. The van der Waals surface area contributed by atoms with Crippen LogP contribution in [0, 0.1) is 5.92 Å². The zero-order valence-electron chi connectivity index (χ0n) is 19.4. The van der Waals surface area contributed by atoms with E-state index in [1.165, 1.54) is 6.07 Å². The Kier molecular flexibility index (Phi) is 7.42. The second-order valence-electron chi connectivity index (χ2n) is 8.98. The fraction of sp³-hybridized carbons (Fsp3) is 0.375. The van der Waals surface area contributed by atoms with Gasteiger partial charge in [0.1, 0.15) is 10.8 Å². The number of H-pyrrole nitrogens is 2. The monoisotopic (exact) mass is 571 g/mol. The lowest BCUT2D eigenvalue weighted by atomic mass is 9.96. The second-order valence-corrected chi connectivity index (χ2v) is 11.0. The first-order valence-corrected chi connectivity index (χ1v) is 13.4. The number of anilines is 2. The lowest BCUT2D eigenvalue weighted by Gasteiger charge is -2.33. The Morgan fingerprint density at radius 2 is 1.83 bits per heavy atom. The van der Waals surface area contributed by atoms with Crippen molar-refractivity contribution >= 4 is 45.2 Å². The lowest BCUT2D eigenvalue weighted by molar-refractivity contribution is -0.125. The van der Waals surface area contributed by atoms with Gasteiger partial charge in [0.05, 0.1) is 5.92 Å². The highest BCUT2D eigenvalue weighted by Crippen LogP contribution is 2.28. The van der Waals surface area contributed by atoms with Crippen molar-refractivity contribution in [3.8, 4) is 0 Å². The molecule has 36 heavy (non-hydrogen) atoms. The number of carbonyl (C=O) groups is 1. The minimum Gasteiger partial charge on any atom is -0.356 e. The van der Waals surface area contributed by atoms with E-state index in [1.54, 1.807) is 11.8 Å². The number of nitrogens with one attached hydrogen (secondary N) is 3. The molecule has 3 aromatic rings. The molecular formula is C24H26BrN7O3S. The van der Waals surface area contributed by atoms with E-state index in [-0.39, 0.29) is 17.9 Å². The van der Waals surface area contributed by atoms with Crippen LogP contribution in [-0.2, 0) is 4.79 Å². The molecule has 10 nitrogen and oxygen atoms in total. The Hall–Kier alpha value is -3.12. The first-order valence-electron chi connectivity index (χ1n) is 11.8. The maximum absolute atomic E-state index is 13.1. The van der Waals surface area contributed by atoms with Gasteiger partial charge in [-0.1, -0.05) is 27.7 Å². The quantitative estimate of drug-likeness (QED) is 0.411. The summed E-state index contributed by atoms with van der Waals surface area (Å²) < 4.78 is 1.03. The second kappa shape index (κ2) is 10.9. The summed E-state index contributed by atoms with van der Waals surface area (Å²) in [5.74, 6) is 1.15. The predicted molar refractivity (Wildman–Crippen MR) is 142 cm³/mol. The minimum absolute atomic E-state index is 0.0290. The van der Waals surface area contributed by atoms with E-state index in [0.29, 0.717) is 25.5 Å². The van der Waals surface area contributed by atoms with E-state index >= 15 is 0 Å². The minimum atomic E-state index is -0.532. The summed E-state index contributed by atoms with van der Waals surface area (Å²) in [4.78, 5) is 46.2. The fourth-order valence-electron chi connectivity index (χ4n) is 4.60. The summed E-state index contributed by atoms with van der Waals surface area (Å²) in [6, 6.07) is 13.3. The third-order valence-electron chi connectivity index (χ3n) is 6.40. The number of rotatable bonds is 6. The molecule has 2 aliphatic heterocycles. The molecule has 0 radical (unpaired) electrons. The fourth-order valence-corrected chi connectivity index (χ4v) is 5.60. The summed E-state index contributed by atoms with van der Waals surface area (Å²) >= 11 is 5.00. The first-order chi connectivity index (χ1) is 17.4. The maximum Gasteiger partial charge on any atom is 0.327 e. The Morgan fingerprint density at radius 1 is 1.00 bits per heavy atom. The van der Waals surface area contributed by atoms with Gasteiger partial charge >= 0.3 is 5.69 Å². The van der Waals surface area contributed by atoms with Crippen molar-refractivity contribution in [2.45, 2.75) is 35.2 Å².